The Morgan fingerprint density at radius 2 is 1.88 bits per heavy atom. The van der Waals surface area contributed by atoms with Crippen LogP contribution in [0.15, 0.2) is 85.9 Å². The molecule has 9 heteroatoms. The van der Waals surface area contributed by atoms with Crippen LogP contribution in [0.4, 0.5) is 15.8 Å². The summed E-state index contributed by atoms with van der Waals surface area (Å²) in [7, 11) is 4.02. The third kappa shape index (κ3) is 7.74. The summed E-state index contributed by atoms with van der Waals surface area (Å²) in [5.74, 6) is 1.01. The number of fused-ring (bicyclic) bond motifs is 1. The van der Waals surface area contributed by atoms with Crippen LogP contribution in [0.25, 0.3) is 39.1 Å². The molecule has 48 heavy (non-hydrogen) atoms. The quantitative estimate of drug-likeness (QED) is 0.0956. The molecule has 248 valence electrons. The van der Waals surface area contributed by atoms with Crippen LogP contribution < -0.4 is 10.6 Å². The van der Waals surface area contributed by atoms with Crippen molar-refractivity contribution in [2.45, 2.75) is 45.4 Å². The maximum Gasteiger partial charge on any atom is 0.159 e. The fourth-order valence-corrected chi connectivity index (χ4v) is 6.57. The average molecular weight is 645 g/mol. The van der Waals surface area contributed by atoms with Gasteiger partial charge in [0.15, 0.2) is 5.82 Å². The SMILES string of the molecule is C=C/C=C(/c1cc(F)cc(NCCN(C)C)c1)c1nc(-c2n[nH]c3ccc(-c4cncc(NC(=C)CC5CCCCC5)c4)cc23)[nH]c1C. The summed E-state index contributed by atoms with van der Waals surface area (Å²) >= 11 is 0. The lowest BCUT2D eigenvalue weighted by molar-refractivity contribution is 0.357. The maximum atomic E-state index is 14.8. The van der Waals surface area contributed by atoms with E-state index in [1.165, 1.54) is 44.2 Å². The summed E-state index contributed by atoms with van der Waals surface area (Å²) in [6.07, 6.45) is 14.9. The highest BCUT2D eigenvalue weighted by atomic mass is 19.1. The zero-order valence-corrected chi connectivity index (χ0v) is 28.2. The number of nitrogens with zero attached hydrogens (tertiary/aromatic N) is 4. The number of hydrogen-bond acceptors (Lipinski definition) is 6. The molecule has 3 heterocycles. The Morgan fingerprint density at radius 1 is 1.04 bits per heavy atom. The second-order valence-electron chi connectivity index (χ2n) is 13.1. The zero-order chi connectivity index (χ0) is 33.6. The number of hydrogen-bond donors (Lipinski definition) is 4. The molecule has 0 bridgehead atoms. The highest BCUT2D eigenvalue weighted by Gasteiger charge is 2.19. The Hall–Kier alpha value is -5.02. The van der Waals surface area contributed by atoms with Crippen LogP contribution in [0.2, 0.25) is 0 Å². The van der Waals surface area contributed by atoms with E-state index in [-0.39, 0.29) is 5.82 Å². The van der Waals surface area contributed by atoms with Crippen LogP contribution in [0.1, 0.15) is 55.5 Å². The fraction of sp³-hybridized carbons (Fsp3) is 0.308. The number of imidazole rings is 1. The first-order valence-corrected chi connectivity index (χ1v) is 16.8. The fourth-order valence-electron chi connectivity index (χ4n) is 6.57. The van der Waals surface area contributed by atoms with Crippen LogP contribution in [0.5, 0.6) is 0 Å². The lowest BCUT2D eigenvalue weighted by Crippen LogP contribution is -2.20. The Balaban J connectivity index is 1.26. The molecule has 1 saturated carbocycles. The van der Waals surface area contributed by atoms with Gasteiger partial charge in [-0.3, -0.25) is 10.1 Å². The van der Waals surface area contributed by atoms with E-state index in [0.29, 0.717) is 40.9 Å². The first kappa shape index (κ1) is 32.9. The van der Waals surface area contributed by atoms with E-state index in [1.807, 2.05) is 51.6 Å². The van der Waals surface area contributed by atoms with Crippen molar-refractivity contribution >= 4 is 27.9 Å². The molecule has 4 N–H and O–H groups in total. The molecule has 5 aromatic rings. The zero-order valence-electron chi connectivity index (χ0n) is 28.2. The number of aryl methyl sites for hydroxylation is 1. The monoisotopic (exact) mass is 644 g/mol. The molecule has 0 atom stereocenters. The number of H-pyrrole nitrogens is 2. The minimum Gasteiger partial charge on any atom is -0.384 e. The molecule has 1 fully saturated rings. The van der Waals surface area contributed by atoms with Gasteiger partial charge in [0.1, 0.15) is 11.5 Å². The van der Waals surface area contributed by atoms with Crippen molar-refractivity contribution in [1.82, 2.24) is 30.0 Å². The number of nitrogens with one attached hydrogen (secondary N) is 4. The molecule has 1 aliphatic carbocycles. The number of likely N-dealkylation sites (N-methyl/N-ethyl adjacent to an activating group) is 1. The summed E-state index contributed by atoms with van der Waals surface area (Å²) < 4.78 is 14.8. The van der Waals surface area contributed by atoms with Gasteiger partial charge in [-0.1, -0.05) is 63.5 Å². The maximum absolute atomic E-state index is 14.8. The van der Waals surface area contributed by atoms with Gasteiger partial charge in [0.2, 0.25) is 0 Å². The summed E-state index contributed by atoms with van der Waals surface area (Å²) in [6.45, 7) is 11.7. The van der Waals surface area contributed by atoms with Crippen molar-refractivity contribution in [3.05, 3.63) is 109 Å². The number of anilines is 2. The summed E-state index contributed by atoms with van der Waals surface area (Å²) in [6, 6.07) is 13.3. The van der Waals surface area contributed by atoms with Gasteiger partial charge >= 0.3 is 0 Å². The number of allylic oxidation sites excluding steroid dienone is 3. The van der Waals surface area contributed by atoms with Crippen LogP contribution in [0.3, 0.4) is 0 Å². The largest absolute Gasteiger partial charge is 0.384 e. The van der Waals surface area contributed by atoms with Crippen molar-refractivity contribution in [3.8, 4) is 22.6 Å². The molecular weight excluding hydrogens is 599 g/mol. The molecule has 1 aliphatic rings. The van der Waals surface area contributed by atoms with Gasteiger partial charge in [0.25, 0.3) is 0 Å². The minimum absolute atomic E-state index is 0.323. The van der Waals surface area contributed by atoms with Crippen molar-refractivity contribution < 1.29 is 4.39 Å². The molecule has 6 rings (SSSR count). The number of aromatic amines is 2. The topological polar surface area (TPSA) is 97.5 Å². The Bertz CT molecular complexity index is 1940. The van der Waals surface area contributed by atoms with Gasteiger partial charge in [0.05, 0.1) is 23.1 Å². The lowest BCUT2D eigenvalue weighted by atomic mass is 9.86. The smallest absolute Gasteiger partial charge is 0.159 e. The minimum atomic E-state index is -0.323. The predicted molar refractivity (Wildman–Crippen MR) is 196 cm³/mol. The Kier molecular flexibility index (Phi) is 10.2. The molecule has 8 nitrogen and oxygen atoms in total. The van der Waals surface area contributed by atoms with E-state index < -0.39 is 0 Å². The third-order valence-corrected chi connectivity index (χ3v) is 8.96. The Morgan fingerprint density at radius 3 is 2.67 bits per heavy atom. The number of aromatic nitrogens is 5. The van der Waals surface area contributed by atoms with E-state index >= 15 is 0 Å². The van der Waals surface area contributed by atoms with Crippen molar-refractivity contribution in [3.63, 3.8) is 0 Å². The average Bonchev–Trinajstić information content (AvgIpc) is 3.66. The van der Waals surface area contributed by atoms with Gasteiger partial charge in [-0.25, -0.2) is 9.37 Å². The highest BCUT2D eigenvalue weighted by Crippen LogP contribution is 2.34. The van der Waals surface area contributed by atoms with Crippen molar-refractivity contribution in [2.24, 2.45) is 5.92 Å². The van der Waals surface area contributed by atoms with Gasteiger partial charge in [0, 0.05) is 52.9 Å². The molecule has 0 radical (unpaired) electrons. The van der Waals surface area contributed by atoms with Crippen LogP contribution in [0, 0.1) is 18.7 Å². The summed E-state index contributed by atoms with van der Waals surface area (Å²) in [4.78, 5) is 15.0. The molecule has 0 saturated heterocycles. The normalized spacial score (nSPS) is 14.1. The van der Waals surface area contributed by atoms with Gasteiger partial charge in [-0.15, -0.1) is 0 Å². The van der Waals surface area contributed by atoms with E-state index in [1.54, 1.807) is 6.08 Å². The highest BCUT2D eigenvalue weighted by molar-refractivity contribution is 5.95. The van der Waals surface area contributed by atoms with Gasteiger partial charge in [-0.05, 0) is 80.9 Å². The molecule has 3 aromatic heterocycles. The molecule has 0 aliphatic heterocycles. The molecule has 0 spiro atoms. The van der Waals surface area contributed by atoms with E-state index in [9.17, 15) is 4.39 Å². The number of benzene rings is 2. The van der Waals surface area contributed by atoms with E-state index in [4.69, 9.17) is 4.98 Å². The molecule has 0 amide bonds. The first-order valence-electron chi connectivity index (χ1n) is 16.8. The Labute approximate surface area is 282 Å². The van der Waals surface area contributed by atoms with Gasteiger partial charge < -0.3 is 20.5 Å². The third-order valence-electron chi connectivity index (χ3n) is 8.96. The summed E-state index contributed by atoms with van der Waals surface area (Å²) in [5.41, 5.74) is 9.31. The molecule has 0 unspecified atom stereocenters. The van der Waals surface area contributed by atoms with Crippen LogP contribution >= 0.6 is 0 Å². The van der Waals surface area contributed by atoms with Crippen LogP contribution in [-0.2, 0) is 0 Å². The van der Waals surface area contributed by atoms with E-state index in [2.05, 4.69) is 67.1 Å². The number of halogens is 1. The number of pyridine rings is 1. The first-order chi connectivity index (χ1) is 23.3. The summed E-state index contributed by atoms with van der Waals surface area (Å²) in [5, 5.41) is 15.6. The van der Waals surface area contributed by atoms with Crippen molar-refractivity contribution in [2.75, 3.05) is 37.8 Å². The lowest BCUT2D eigenvalue weighted by Gasteiger charge is -2.22. The second kappa shape index (κ2) is 14.8. The predicted octanol–water partition coefficient (Wildman–Crippen LogP) is 8.95. The van der Waals surface area contributed by atoms with Crippen LogP contribution in [-0.4, -0.2) is 57.2 Å². The van der Waals surface area contributed by atoms with Crippen molar-refractivity contribution in [1.29, 1.82) is 0 Å². The van der Waals surface area contributed by atoms with E-state index in [0.717, 1.165) is 57.6 Å². The number of rotatable bonds is 13. The molecular formula is C39H45FN8. The standard InChI is InChI=1S/C39H45FN8/c1-6-10-34(29-18-31(40)22-32(19-29)42-15-16-48(4)5)37-26(3)44-39(45-37)38-35-21-28(13-14-36(35)46-47-38)30-20-33(24-41-23-30)43-25(2)17-27-11-8-7-9-12-27/h6,10,13-14,18-24,27,42-43H,1-2,7-9,11-12,15-17H2,3-5H3,(H,44,45)(H,46,47)/b34-10-. The second-order valence-corrected chi connectivity index (χ2v) is 13.1. The van der Waals surface area contributed by atoms with Gasteiger partial charge in [-0.2, -0.15) is 5.10 Å². The molecule has 2 aromatic carbocycles.